The van der Waals surface area contributed by atoms with Crippen LogP contribution in [0.3, 0.4) is 0 Å². The minimum absolute atomic E-state index is 0.193. The van der Waals surface area contributed by atoms with Gasteiger partial charge in [-0.15, -0.1) is 10.2 Å². The van der Waals surface area contributed by atoms with Crippen LogP contribution in [-0.2, 0) is 4.74 Å². The van der Waals surface area contributed by atoms with E-state index in [1.54, 1.807) is 6.20 Å². The largest absolute Gasteiger partial charge is 0.381 e. The Labute approximate surface area is 97.6 Å². The molecule has 17 heavy (non-hydrogen) atoms. The molecule has 90 valence electrons. The number of aromatic nitrogens is 4. The number of hydrogen-bond donors (Lipinski definition) is 1. The molecule has 0 saturated carbocycles. The summed E-state index contributed by atoms with van der Waals surface area (Å²) in [5, 5.41) is 8.16. The van der Waals surface area contributed by atoms with Crippen molar-refractivity contribution in [2.75, 3.05) is 13.2 Å². The third-order valence-corrected chi connectivity index (χ3v) is 3.24. The maximum absolute atomic E-state index is 11.6. The van der Waals surface area contributed by atoms with E-state index in [-0.39, 0.29) is 5.56 Å². The Kier molecular flexibility index (Phi) is 2.44. The molecule has 6 nitrogen and oxygen atoms in total. The number of aromatic amines is 1. The van der Waals surface area contributed by atoms with Crippen molar-refractivity contribution in [2.24, 2.45) is 0 Å². The molecule has 0 unspecified atom stereocenters. The van der Waals surface area contributed by atoms with E-state index in [0.717, 1.165) is 37.6 Å². The number of aryl methyl sites for hydroxylation is 1. The standard InChI is InChI=1S/C11H14N4O2/c1-7-6-12-11(16)10-14-13-9(15(7)10)8-2-4-17-5-3-8/h6,8H,2-5H2,1H3,(H,12,16). The number of nitrogens with zero attached hydrogens (tertiary/aromatic N) is 3. The van der Waals surface area contributed by atoms with E-state index in [1.165, 1.54) is 0 Å². The van der Waals surface area contributed by atoms with Gasteiger partial charge in [-0.1, -0.05) is 0 Å². The predicted octanol–water partition coefficient (Wildman–Crippen LogP) is 0.620. The van der Waals surface area contributed by atoms with Crippen LogP contribution in [0.15, 0.2) is 11.0 Å². The predicted molar refractivity (Wildman–Crippen MR) is 61.1 cm³/mol. The van der Waals surface area contributed by atoms with Gasteiger partial charge in [-0.3, -0.25) is 9.20 Å². The SMILES string of the molecule is Cc1c[nH]c(=O)c2nnc(C3CCOCC3)n12. The first-order chi connectivity index (χ1) is 8.27. The lowest BCUT2D eigenvalue weighted by molar-refractivity contribution is 0.0833. The third-order valence-electron chi connectivity index (χ3n) is 3.24. The Morgan fingerprint density at radius 2 is 2.18 bits per heavy atom. The van der Waals surface area contributed by atoms with E-state index < -0.39 is 0 Å². The number of H-pyrrole nitrogens is 1. The van der Waals surface area contributed by atoms with Crippen LogP contribution in [0.4, 0.5) is 0 Å². The summed E-state index contributed by atoms with van der Waals surface area (Å²) in [6.45, 7) is 3.44. The molecule has 1 N–H and O–H groups in total. The summed E-state index contributed by atoms with van der Waals surface area (Å²) in [5.41, 5.74) is 1.14. The van der Waals surface area contributed by atoms with Gasteiger partial charge in [-0.2, -0.15) is 0 Å². The molecular formula is C11H14N4O2. The Hall–Kier alpha value is -1.69. The quantitative estimate of drug-likeness (QED) is 0.785. The summed E-state index contributed by atoms with van der Waals surface area (Å²) in [5.74, 6) is 1.21. The van der Waals surface area contributed by atoms with Gasteiger partial charge in [-0.25, -0.2) is 0 Å². The average molecular weight is 234 g/mol. The van der Waals surface area contributed by atoms with E-state index in [9.17, 15) is 4.79 Å². The first-order valence-corrected chi connectivity index (χ1v) is 5.78. The number of hydrogen-bond acceptors (Lipinski definition) is 4. The van der Waals surface area contributed by atoms with Gasteiger partial charge >= 0.3 is 0 Å². The lowest BCUT2D eigenvalue weighted by Crippen LogP contribution is -2.18. The fourth-order valence-electron chi connectivity index (χ4n) is 2.31. The zero-order valence-corrected chi connectivity index (χ0v) is 9.64. The molecule has 1 fully saturated rings. The second-order valence-corrected chi connectivity index (χ2v) is 4.36. The van der Waals surface area contributed by atoms with E-state index in [2.05, 4.69) is 15.2 Å². The molecule has 1 saturated heterocycles. The first kappa shape index (κ1) is 10.5. The highest BCUT2D eigenvalue weighted by atomic mass is 16.5. The molecule has 0 radical (unpaired) electrons. The van der Waals surface area contributed by atoms with Crippen LogP contribution in [0.25, 0.3) is 5.65 Å². The lowest BCUT2D eigenvalue weighted by Gasteiger charge is -2.20. The number of rotatable bonds is 1. The number of nitrogens with one attached hydrogen (secondary N) is 1. The maximum Gasteiger partial charge on any atom is 0.293 e. The Balaban J connectivity index is 2.16. The molecule has 0 aliphatic carbocycles. The highest BCUT2D eigenvalue weighted by Crippen LogP contribution is 2.25. The fourth-order valence-corrected chi connectivity index (χ4v) is 2.31. The Morgan fingerprint density at radius 3 is 2.94 bits per heavy atom. The average Bonchev–Trinajstić information content (AvgIpc) is 2.81. The van der Waals surface area contributed by atoms with Gasteiger partial charge < -0.3 is 9.72 Å². The van der Waals surface area contributed by atoms with Gasteiger partial charge in [0.15, 0.2) is 0 Å². The van der Waals surface area contributed by atoms with Crippen molar-refractivity contribution in [1.29, 1.82) is 0 Å². The van der Waals surface area contributed by atoms with Crippen molar-refractivity contribution in [3.05, 3.63) is 28.1 Å². The van der Waals surface area contributed by atoms with Gasteiger partial charge in [0.2, 0.25) is 5.65 Å². The van der Waals surface area contributed by atoms with Gasteiger partial charge in [-0.05, 0) is 19.8 Å². The molecule has 3 heterocycles. The summed E-state index contributed by atoms with van der Waals surface area (Å²) in [4.78, 5) is 14.3. The molecule has 0 aromatic carbocycles. The molecule has 2 aromatic heterocycles. The second-order valence-electron chi connectivity index (χ2n) is 4.36. The van der Waals surface area contributed by atoms with Crippen LogP contribution in [0.1, 0.15) is 30.3 Å². The van der Waals surface area contributed by atoms with Gasteiger partial charge in [0.25, 0.3) is 5.56 Å². The molecule has 0 atom stereocenters. The zero-order chi connectivity index (χ0) is 11.8. The number of ether oxygens (including phenoxy) is 1. The minimum Gasteiger partial charge on any atom is -0.381 e. The Bertz CT molecular complexity index is 595. The van der Waals surface area contributed by atoms with Crippen LogP contribution in [-0.4, -0.2) is 32.8 Å². The third kappa shape index (κ3) is 1.64. The molecule has 3 rings (SSSR count). The van der Waals surface area contributed by atoms with E-state index in [0.29, 0.717) is 11.6 Å². The zero-order valence-electron chi connectivity index (χ0n) is 9.64. The van der Waals surface area contributed by atoms with E-state index in [1.807, 2.05) is 11.3 Å². The van der Waals surface area contributed by atoms with Crippen LogP contribution in [0, 0.1) is 6.92 Å². The summed E-state index contributed by atoms with van der Waals surface area (Å²) < 4.78 is 7.19. The van der Waals surface area contributed by atoms with Crippen LogP contribution < -0.4 is 5.56 Å². The van der Waals surface area contributed by atoms with Crippen LogP contribution >= 0.6 is 0 Å². The van der Waals surface area contributed by atoms with Crippen molar-refractivity contribution in [1.82, 2.24) is 19.6 Å². The Morgan fingerprint density at radius 1 is 1.41 bits per heavy atom. The van der Waals surface area contributed by atoms with Gasteiger partial charge in [0.05, 0.1) is 0 Å². The monoisotopic (exact) mass is 234 g/mol. The molecule has 0 spiro atoms. The minimum atomic E-state index is -0.193. The van der Waals surface area contributed by atoms with Crippen molar-refractivity contribution >= 4 is 5.65 Å². The van der Waals surface area contributed by atoms with Crippen molar-refractivity contribution in [3.63, 3.8) is 0 Å². The van der Waals surface area contributed by atoms with Crippen molar-refractivity contribution in [3.8, 4) is 0 Å². The van der Waals surface area contributed by atoms with Crippen molar-refractivity contribution < 1.29 is 4.74 Å². The molecule has 1 aliphatic heterocycles. The van der Waals surface area contributed by atoms with Crippen molar-refractivity contribution in [2.45, 2.75) is 25.7 Å². The highest BCUT2D eigenvalue weighted by Gasteiger charge is 2.22. The summed E-state index contributed by atoms with van der Waals surface area (Å²) in [7, 11) is 0. The topological polar surface area (TPSA) is 72.3 Å². The molecule has 0 amide bonds. The van der Waals surface area contributed by atoms with E-state index in [4.69, 9.17) is 4.74 Å². The van der Waals surface area contributed by atoms with Crippen LogP contribution in [0.2, 0.25) is 0 Å². The first-order valence-electron chi connectivity index (χ1n) is 5.78. The molecule has 6 heteroatoms. The highest BCUT2D eigenvalue weighted by molar-refractivity contribution is 5.37. The summed E-state index contributed by atoms with van der Waals surface area (Å²) >= 11 is 0. The van der Waals surface area contributed by atoms with E-state index >= 15 is 0 Å². The maximum atomic E-state index is 11.6. The smallest absolute Gasteiger partial charge is 0.293 e. The lowest BCUT2D eigenvalue weighted by atomic mass is 9.99. The summed E-state index contributed by atoms with van der Waals surface area (Å²) in [6.07, 6.45) is 3.57. The normalized spacial score (nSPS) is 17.7. The van der Waals surface area contributed by atoms with Gasteiger partial charge in [0, 0.05) is 31.0 Å². The fraction of sp³-hybridized carbons (Fsp3) is 0.545. The molecule has 0 bridgehead atoms. The number of fused-ring (bicyclic) bond motifs is 1. The van der Waals surface area contributed by atoms with Crippen LogP contribution in [0.5, 0.6) is 0 Å². The molecule has 2 aromatic rings. The second kappa shape index (κ2) is 3.96. The van der Waals surface area contributed by atoms with Gasteiger partial charge in [0.1, 0.15) is 5.82 Å². The molecule has 1 aliphatic rings. The summed E-state index contributed by atoms with van der Waals surface area (Å²) in [6, 6.07) is 0. The molecular weight excluding hydrogens is 220 g/mol.